The molecule has 180 valence electrons. The lowest BCUT2D eigenvalue weighted by atomic mass is 10.0. The Morgan fingerprint density at radius 1 is 1.00 bits per heavy atom. The molecule has 5 rings (SSSR count). The van der Waals surface area contributed by atoms with Gasteiger partial charge in [-0.2, -0.15) is 0 Å². The molecular weight excluding hydrogens is 448 g/mol. The summed E-state index contributed by atoms with van der Waals surface area (Å²) in [5, 5.41) is 0.694. The van der Waals surface area contributed by atoms with Crippen LogP contribution in [-0.4, -0.2) is 38.4 Å². The van der Waals surface area contributed by atoms with Gasteiger partial charge in [-0.05, 0) is 75.8 Å². The van der Waals surface area contributed by atoms with Crippen molar-refractivity contribution in [3.8, 4) is 0 Å². The van der Waals surface area contributed by atoms with Gasteiger partial charge in [0.2, 0.25) is 0 Å². The number of sulfonamides is 1. The fourth-order valence-electron chi connectivity index (χ4n) is 5.48. The number of carbonyl (C=O) groups excluding carboxylic acids is 1. The first kappa shape index (κ1) is 23.0. The summed E-state index contributed by atoms with van der Waals surface area (Å²) in [5.41, 5.74) is 4.26. The van der Waals surface area contributed by atoms with Crippen LogP contribution in [0.4, 0.5) is 5.69 Å². The molecule has 0 radical (unpaired) electrons. The number of fused-ring (bicyclic) bond motifs is 2. The van der Waals surface area contributed by atoms with Gasteiger partial charge < -0.3 is 9.32 Å². The smallest absolute Gasteiger partial charge is 0.289 e. The van der Waals surface area contributed by atoms with Crippen LogP contribution >= 0.6 is 0 Å². The summed E-state index contributed by atoms with van der Waals surface area (Å²) in [7, 11) is -3.93. The first-order valence-corrected chi connectivity index (χ1v) is 13.6. The zero-order valence-electron chi connectivity index (χ0n) is 20.3. The van der Waals surface area contributed by atoms with Crippen LogP contribution in [-0.2, 0) is 16.4 Å². The van der Waals surface area contributed by atoms with Crippen LogP contribution in [0.15, 0.2) is 39.6 Å². The minimum Gasteiger partial charge on any atom is -0.449 e. The summed E-state index contributed by atoms with van der Waals surface area (Å²) < 4.78 is 36.1. The maximum atomic E-state index is 14.2. The maximum absolute atomic E-state index is 14.2. The number of para-hydroxylation sites is 1. The predicted molar refractivity (Wildman–Crippen MR) is 134 cm³/mol. The van der Waals surface area contributed by atoms with E-state index in [1.807, 2.05) is 62.9 Å². The van der Waals surface area contributed by atoms with Crippen LogP contribution in [0.3, 0.4) is 0 Å². The Morgan fingerprint density at radius 3 is 2.38 bits per heavy atom. The Bertz CT molecular complexity index is 1380. The van der Waals surface area contributed by atoms with E-state index in [1.165, 1.54) is 4.31 Å². The van der Waals surface area contributed by atoms with E-state index in [9.17, 15) is 13.2 Å². The van der Waals surface area contributed by atoms with E-state index in [-0.39, 0.29) is 28.2 Å². The monoisotopic (exact) mass is 480 g/mol. The second-order valence-corrected chi connectivity index (χ2v) is 11.5. The van der Waals surface area contributed by atoms with Crippen molar-refractivity contribution in [3.05, 3.63) is 58.3 Å². The van der Waals surface area contributed by atoms with Crippen molar-refractivity contribution < 1.29 is 17.6 Å². The van der Waals surface area contributed by atoms with Crippen LogP contribution in [0.5, 0.6) is 0 Å². The number of amides is 1. The highest BCUT2D eigenvalue weighted by Crippen LogP contribution is 2.41. The zero-order valence-corrected chi connectivity index (χ0v) is 21.2. The molecule has 0 aliphatic carbocycles. The lowest BCUT2D eigenvalue weighted by Crippen LogP contribution is -2.36. The molecule has 2 aliphatic rings. The molecule has 1 fully saturated rings. The molecule has 1 unspecified atom stereocenters. The summed E-state index contributed by atoms with van der Waals surface area (Å²) in [4.78, 5) is 15.4. The van der Waals surface area contributed by atoms with Crippen molar-refractivity contribution in [1.29, 1.82) is 0 Å². The number of likely N-dealkylation sites (tertiary alicyclic amines) is 1. The third-order valence-electron chi connectivity index (χ3n) is 7.44. The molecule has 2 aromatic carbocycles. The highest BCUT2D eigenvalue weighted by Gasteiger charge is 2.39. The minimum absolute atomic E-state index is 0.144. The lowest BCUT2D eigenvalue weighted by molar-refractivity contribution is 0.0731. The van der Waals surface area contributed by atoms with Gasteiger partial charge in [0.05, 0.1) is 5.69 Å². The summed E-state index contributed by atoms with van der Waals surface area (Å²) in [6, 6.07) is 9.40. The first-order valence-electron chi connectivity index (χ1n) is 12.2. The Morgan fingerprint density at radius 2 is 1.68 bits per heavy atom. The molecule has 0 bridgehead atoms. The minimum atomic E-state index is -3.93. The van der Waals surface area contributed by atoms with E-state index < -0.39 is 10.0 Å². The second kappa shape index (κ2) is 8.45. The van der Waals surface area contributed by atoms with Gasteiger partial charge in [-0.25, -0.2) is 8.42 Å². The van der Waals surface area contributed by atoms with Crippen LogP contribution in [0.2, 0.25) is 0 Å². The number of aryl methyl sites for hydroxylation is 2. The van der Waals surface area contributed by atoms with Crippen molar-refractivity contribution in [2.75, 3.05) is 17.4 Å². The van der Waals surface area contributed by atoms with Gasteiger partial charge in [-0.15, -0.1) is 0 Å². The van der Waals surface area contributed by atoms with Crippen molar-refractivity contribution in [2.45, 2.75) is 70.7 Å². The number of furan rings is 1. The van der Waals surface area contributed by atoms with Crippen molar-refractivity contribution >= 4 is 32.6 Å². The molecule has 34 heavy (non-hydrogen) atoms. The molecule has 0 spiro atoms. The number of hydrogen-bond donors (Lipinski definition) is 0. The number of rotatable bonds is 3. The summed E-state index contributed by atoms with van der Waals surface area (Å²) in [6.45, 7) is 8.94. The van der Waals surface area contributed by atoms with E-state index >= 15 is 0 Å². The second-order valence-electron chi connectivity index (χ2n) is 9.77. The van der Waals surface area contributed by atoms with Crippen molar-refractivity contribution in [3.63, 3.8) is 0 Å². The van der Waals surface area contributed by atoms with Gasteiger partial charge in [0.25, 0.3) is 15.9 Å². The van der Waals surface area contributed by atoms with Crippen LogP contribution in [0.1, 0.15) is 65.4 Å². The van der Waals surface area contributed by atoms with Gasteiger partial charge in [0, 0.05) is 30.1 Å². The van der Waals surface area contributed by atoms with Gasteiger partial charge in [-0.1, -0.05) is 31.0 Å². The van der Waals surface area contributed by atoms with E-state index in [1.54, 1.807) is 0 Å². The number of anilines is 1. The molecule has 0 N–H and O–H groups in total. The molecule has 3 aromatic rings. The highest BCUT2D eigenvalue weighted by atomic mass is 32.2. The summed E-state index contributed by atoms with van der Waals surface area (Å²) in [5.74, 6) is 0.113. The topological polar surface area (TPSA) is 70.8 Å². The molecule has 1 aromatic heterocycles. The average molecular weight is 481 g/mol. The Labute approximate surface area is 201 Å². The van der Waals surface area contributed by atoms with Gasteiger partial charge in [0.1, 0.15) is 4.90 Å². The quantitative estimate of drug-likeness (QED) is 0.495. The van der Waals surface area contributed by atoms with Crippen LogP contribution < -0.4 is 4.31 Å². The molecule has 1 saturated heterocycles. The molecule has 0 saturated carbocycles. The molecule has 1 atom stereocenters. The van der Waals surface area contributed by atoms with E-state index in [4.69, 9.17) is 4.42 Å². The molecule has 3 heterocycles. The molecular formula is C27H32N2O4S. The molecule has 6 nitrogen and oxygen atoms in total. The maximum Gasteiger partial charge on any atom is 0.289 e. The third kappa shape index (κ3) is 3.52. The highest BCUT2D eigenvalue weighted by molar-refractivity contribution is 7.93. The van der Waals surface area contributed by atoms with Gasteiger partial charge in [-0.3, -0.25) is 9.10 Å². The van der Waals surface area contributed by atoms with E-state index in [2.05, 4.69) is 0 Å². The number of nitrogens with zero attached hydrogens (tertiary/aromatic N) is 2. The normalized spacial score (nSPS) is 18.9. The fraction of sp³-hybridized carbons (Fsp3) is 0.444. The zero-order chi connectivity index (χ0) is 24.2. The Hall–Kier alpha value is -2.80. The molecule has 7 heteroatoms. The number of carbonyl (C=O) groups is 1. The van der Waals surface area contributed by atoms with Crippen molar-refractivity contribution in [2.24, 2.45) is 0 Å². The van der Waals surface area contributed by atoms with E-state index in [0.717, 1.165) is 36.8 Å². The average Bonchev–Trinajstić information content (AvgIpc) is 3.15. The largest absolute Gasteiger partial charge is 0.449 e. The molecule has 1 amide bonds. The predicted octanol–water partition coefficient (Wildman–Crippen LogP) is 5.51. The van der Waals surface area contributed by atoms with Gasteiger partial charge in [0.15, 0.2) is 11.3 Å². The standard InChI is InChI=1S/C27H32N2O4S/c1-17-15-22-20(4)24(27(30)28-13-9-5-6-10-14-28)33-25(22)26(19(17)3)34(31,32)29-18(2)16-21-11-7-8-12-23(21)29/h7-8,11-12,15,18H,5-6,9-10,13-14,16H2,1-4H3. The Kier molecular flexibility index (Phi) is 5.71. The van der Waals surface area contributed by atoms with Gasteiger partial charge >= 0.3 is 0 Å². The molecule has 2 aliphatic heterocycles. The van der Waals surface area contributed by atoms with Crippen molar-refractivity contribution in [1.82, 2.24) is 4.90 Å². The summed E-state index contributed by atoms with van der Waals surface area (Å²) in [6.07, 6.45) is 4.88. The summed E-state index contributed by atoms with van der Waals surface area (Å²) >= 11 is 0. The van der Waals surface area contributed by atoms with E-state index in [0.29, 0.717) is 41.7 Å². The number of hydrogen-bond acceptors (Lipinski definition) is 4. The van der Waals surface area contributed by atoms with Crippen LogP contribution in [0.25, 0.3) is 11.0 Å². The Balaban J connectivity index is 1.68. The number of benzene rings is 2. The van der Waals surface area contributed by atoms with Crippen LogP contribution in [0, 0.1) is 20.8 Å². The lowest BCUT2D eigenvalue weighted by Gasteiger charge is -2.25. The third-order valence-corrected chi connectivity index (χ3v) is 9.52. The first-order chi connectivity index (χ1) is 16.2. The fourth-order valence-corrected chi connectivity index (χ4v) is 7.59. The SMILES string of the molecule is Cc1cc2c(C)c(C(=O)N3CCCCCC3)oc2c(S(=O)(=O)N2c3ccccc3CC2C)c1C.